The van der Waals surface area contributed by atoms with Gasteiger partial charge in [0.25, 0.3) is 5.56 Å². The van der Waals surface area contributed by atoms with E-state index in [9.17, 15) is 4.79 Å². The number of H-pyrrole nitrogens is 1. The van der Waals surface area contributed by atoms with Crippen molar-refractivity contribution in [3.8, 4) is 11.4 Å². The van der Waals surface area contributed by atoms with Crippen LogP contribution in [0.25, 0.3) is 11.4 Å². The molecule has 2 aromatic heterocycles. The maximum Gasteiger partial charge on any atom is 0.270 e. The highest BCUT2D eigenvalue weighted by Crippen LogP contribution is 2.16. The van der Waals surface area contributed by atoms with Gasteiger partial charge in [-0.05, 0) is 12.1 Å². The Morgan fingerprint density at radius 2 is 2.00 bits per heavy atom. The summed E-state index contributed by atoms with van der Waals surface area (Å²) < 4.78 is 0. The Labute approximate surface area is 101 Å². The molecule has 1 N–H and O–H groups in total. The predicted octanol–water partition coefficient (Wildman–Crippen LogP) is 2.22. The molecule has 16 heavy (non-hydrogen) atoms. The number of rotatable bonds is 2. The van der Waals surface area contributed by atoms with Gasteiger partial charge in [0, 0.05) is 18.0 Å². The quantitative estimate of drug-likeness (QED) is 0.838. The molecule has 0 amide bonds. The number of nitrogens with one attached hydrogen (secondary N) is 1. The summed E-state index contributed by atoms with van der Waals surface area (Å²) in [4.78, 5) is 22.1. The van der Waals surface area contributed by atoms with Crippen LogP contribution >= 0.6 is 23.2 Å². The molecule has 0 spiro atoms. The Hall–Kier alpha value is -1.39. The fourth-order valence-electron chi connectivity index (χ4n) is 1.24. The van der Waals surface area contributed by atoms with Gasteiger partial charge in [0.2, 0.25) is 0 Å². The molecule has 0 aliphatic rings. The van der Waals surface area contributed by atoms with Gasteiger partial charge in [-0.2, -0.15) is 0 Å². The number of alkyl halides is 1. The summed E-state index contributed by atoms with van der Waals surface area (Å²) in [6.45, 7) is 0. The minimum atomic E-state index is -0.390. The molecule has 0 unspecified atom stereocenters. The smallest absolute Gasteiger partial charge is 0.270 e. The molecular formula is C10H7Cl2N3O. The standard InChI is InChI=1S/C10H7Cl2N3O/c11-5-7-8(12)10(16)15-9(14-7)6-1-3-13-4-2-6/h1-4H,5H2,(H,14,15,16). The largest absolute Gasteiger partial charge is 0.305 e. The van der Waals surface area contributed by atoms with Gasteiger partial charge in [-0.1, -0.05) is 11.6 Å². The van der Waals surface area contributed by atoms with Crippen LogP contribution in [0.15, 0.2) is 29.3 Å². The molecule has 2 aromatic rings. The molecule has 0 bridgehead atoms. The van der Waals surface area contributed by atoms with Gasteiger partial charge in [-0.15, -0.1) is 11.6 Å². The zero-order valence-corrected chi connectivity index (χ0v) is 9.59. The minimum absolute atomic E-state index is 0.0350. The number of nitrogens with zero attached hydrogens (tertiary/aromatic N) is 2. The number of halogens is 2. The number of hydrogen-bond donors (Lipinski definition) is 1. The summed E-state index contributed by atoms with van der Waals surface area (Å²) in [5, 5.41) is 0.0350. The predicted molar refractivity (Wildman–Crippen MR) is 62.7 cm³/mol. The van der Waals surface area contributed by atoms with Crippen molar-refractivity contribution < 1.29 is 0 Å². The van der Waals surface area contributed by atoms with Crippen LogP contribution in [0.1, 0.15) is 5.69 Å². The summed E-state index contributed by atoms with van der Waals surface area (Å²) in [6.07, 6.45) is 3.23. The lowest BCUT2D eigenvalue weighted by Gasteiger charge is -2.03. The first-order valence-corrected chi connectivity index (χ1v) is 5.38. The fraction of sp³-hybridized carbons (Fsp3) is 0.100. The first kappa shape index (κ1) is 11.1. The molecule has 0 saturated heterocycles. The Morgan fingerprint density at radius 3 is 2.62 bits per heavy atom. The van der Waals surface area contributed by atoms with Gasteiger partial charge in [0.05, 0.1) is 11.6 Å². The third kappa shape index (κ3) is 2.08. The van der Waals surface area contributed by atoms with Crippen LogP contribution in [0, 0.1) is 0 Å². The van der Waals surface area contributed by atoms with Crippen LogP contribution in [0.5, 0.6) is 0 Å². The summed E-state index contributed by atoms with van der Waals surface area (Å²) in [6, 6.07) is 3.48. The first-order chi connectivity index (χ1) is 7.72. The lowest BCUT2D eigenvalue weighted by Crippen LogP contribution is -2.12. The molecule has 0 aromatic carbocycles. The van der Waals surface area contributed by atoms with Crippen molar-refractivity contribution in [2.75, 3.05) is 0 Å². The normalized spacial score (nSPS) is 10.4. The molecule has 0 aliphatic carbocycles. The lowest BCUT2D eigenvalue weighted by molar-refractivity contribution is 1.06. The first-order valence-electron chi connectivity index (χ1n) is 4.47. The summed E-state index contributed by atoms with van der Waals surface area (Å²) in [5.74, 6) is 0.536. The van der Waals surface area contributed by atoms with E-state index in [2.05, 4.69) is 15.0 Å². The molecule has 4 nitrogen and oxygen atoms in total. The minimum Gasteiger partial charge on any atom is -0.305 e. The van der Waals surface area contributed by atoms with Crippen LogP contribution in [0.4, 0.5) is 0 Å². The van der Waals surface area contributed by atoms with Crippen molar-refractivity contribution in [2.24, 2.45) is 0 Å². The SMILES string of the molecule is O=c1[nH]c(-c2ccncc2)nc(CCl)c1Cl. The maximum atomic E-state index is 11.5. The van der Waals surface area contributed by atoms with Crippen LogP contribution in [-0.2, 0) is 5.88 Å². The molecule has 6 heteroatoms. The zero-order chi connectivity index (χ0) is 11.5. The lowest BCUT2D eigenvalue weighted by atomic mass is 10.2. The van der Waals surface area contributed by atoms with Crippen molar-refractivity contribution in [1.29, 1.82) is 0 Å². The van der Waals surface area contributed by atoms with E-state index in [0.717, 1.165) is 5.56 Å². The highest BCUT2D eigenvalue weighted by molar-refractivity contribution is 6.31. The fourth-order valence-corrected chi connectivity index (χ4v) is 1.66. The molecule has 0 fully saturated rings. The Bertz CT molecular complexity index is 554. The number of aromatic nitrogens is 3. The highest BCUT2D eigenvalue weighted by Gasteiger charge is 2.09. The summed E-state index contributed by atoms with van der Waals surface area (Å²) in [5.41, 5.74) is 0.744. The van der Waals surface area contributed by atoms with Crippen molar-refractivity contribution in [2.45, 2.75) is 5.88 Å². The molecule has 0 radical (unpaired) electrons. The van der Waals surface area contributed by atoms with Gasteiger partial charge in [-0.25, -0.2) is 4.98 Å². The van der Waals surface area contributed by atoms with E-state index in [1.54, 1.807) is 24.5 Å². The van der Waals surface area contributed by atoms with Gasteiger partial charge in [0.1, 0.15) is 10.8 Å². The maximum absolute atomic E-state index is 11.5. The molecule has 0 saturated carbocycles. The van der Waals surface area contributed by atoms with Crippen molar-refractivity contribution in [1.82, 2.24) is 15.0 Å². The van der Waals surface area contributed by atoms with E-state index in [4.69, 9.17) is 23.2 Å². The average Bonchev–Trinajstić information content (AvgIpc) is 2.33. The van der Waals surface area contributed by atoms with Crippen LogP contribution in [0.2, 0.25) is 5.02 Å². The van der Waals surface area contributed by atoms with Gasteiger partial charge in [0.15, 0.2) is 0 Å². The second kappa shape index (κ2) is 4.63. The Kier molecular flexibility index (Phi) is 3.22. The summed E-state index contributed by atoms with van der Waals surface area (Å²) in [7, 11) is 0. The molecule has 2 heterocycles. The van der Waals surface area contributed by atoms with E-state index in [1.165, 1.54) is 0 Å². The van der Waals surface area contributed by atoms with Crippen molar-refractivity contribution in [3.05, 3.63) is 45.6 Å². The topological polar surface area (TPSA) is 58.6 Å². The third-order valence-corrected chi connectivity index (χ3v) is 2.65. The van der Waals surface area contributed by atoms with Gasteiger partial charge >= 0.3 is 0 Å². The van der Waals surface area contributed by atoms with Gasteiger partial charge < -0.3 is 4.98 Å². The Morgan fingerprint density at radius 1 is 1.31 bits per heavy atom. The third-order valence-electron chi connectivity index (χ3n) is 2.01. The van der Waals surface area contributed by atoms with Crippen LogP contribution in [-0.4, -0.2) is 15.0 Å². The average molecular weight is 256 g/mol. The van der Waals surface area contributed by atoms with Gasteiger partial charge in [-0.3, -0.25) is 9.78 Å². The van der Waals surface area contributed by atoms with Crippen molar-refractivity contribution in [3.63, 3.8) is 0 Å². The summed E-state index contributed by atoms with van der Waals surface area (Å²) >= 11 is 11.4. The van der Waals surface area contributed by atoms with Crippen LogP contribution < -0.4 is 5.56 Å². The second-order valence-corrected chi connectivity index (χ2v) is 3.69. The second-order valence-electron chi connectivity index (χ2n) is 3.04. The van der Waals surface area contributed by atoms with E-state index >= 15 is 0 Å². The molecular weight excluding hydrogens is 249 g/mol. The van der Waals surface area contributed by atoms with E-state index in [0.29, 0.717) is 11.5 Å². The number of pyridine rings is 1. The molecule has 0 atom stereocenters. The monoisotopic (exact) mass is 255 g/mol. The van der Waals surface area contributed by atoms with Crippen LogP contribution in [0.3, 0.4) is 0 Å². The highest BCUT2D eigenvalue weighted by atomic mass is 35.5. The Balaban J connectivity index is 2.60. The number of hydrogen-bond acceptors (Lipinski definition) is 3. The van der Waals surface area contributed by atoms with E-state index in [1.807, 2.05) is 0 Å². The van der Waals surface area contributed by atoms with E-state index < -0.39 is 0 Å². The zero-order valence-electron chi connectivity index (χ0n) is 8.08. The molecule has 2 rings (SSSR count). The van der Waals surface area contributed by atoms with Crippen molar-refractivity contribution >= 4 is 23.2 Å². The molecule has 0 aliphatic heterocycles. The molecule has 82 valence electrons. The van der Waals surface area contributed by atoms with E-state index in [-0.39, 0.29) is 16.5 Å². The number of aromatic amines is 1.